The van der Waals surface area contributed by atoms with Crippen LogP contribution in [0.5, 0.6) is 0 Å². The number of anilines is 1. The highest BCUT2D eigenvalue weighted by atomic mass is 35.5. The molecule has 34 heavy (non-hydrogen) atoms. The van der Waals surface area contributed by atoms with Crippen LogP contribution < -0.4 is 5.32 Å². The van der Waals surface area contributed by atoms with Crippen LogP contribution in [0.15, 0.2) is 29.6 Å². The van der Waals surface area contributed by atoms with E-state index in [0.29, 0.717) is 17.6 Å². The van der Waals surface area contributed by atoms with Gasteiger partial charge in [0.25, 0.3) is 0 Å². The van der Waals surface area contributed by atoms with E-state index in [1.54, 1.807) is 6.07 Å². The second kappa shape index (κ2) is 9.69. The molecule has 0 bridgehead atoms. The highest BCUT2D eigenvalue weighted by molar-refractivity contribution is 7.14. The minimum Gasteiger partial charge on any atom is -0.359 e. The van der Waals surface area contributed by atoms with Gasteiger partial charge in [-0.25, -0.2) is 4.39 Å². The Balaban J connectivity index is 2.52. The summed E-state index contributed by atoms with van der Waals surface area (Å²) < 4.78 is 92.2. The Hall–Kier alpha value is -3.02. The Labute approximate surface area is 199 Å². The molecule has 0 atom stereocenters. The van der Waals surface area contributed by atoms with Gasteiger partial charge >= 0.3 is 23.9 Å². The maximum atomic E-state index is 14.3. The molecular weight excluding hydrogens is 540 g/mol. The Bertz CT molecular complexity index is 1200. The molecular formula is C18H7Cl2F7N4O2S. The average molecular weight is 547 g/mol. The predicted octanol–water partition coefficient (Wildman–Crippen LogP) is 7.23. The topological polar surface area (TPSA) is 106 Å². The number of amides is 1. The number of rotatable bonds is 6. The zero-order valence-electron chi connectivity index (χ0n) is 15.9. The molecule has 1 aromatic heterocycles. The smallest absolute Gasteiger partial charge is 0.359 e. The number of carbonyl (C=O) groups excluding carboxylic acids is 1. The van der Waals surface area contributed by atoms with Gasteiger partial charge in [-0.1, -0.05) is 23.2 Å². The number of hydrogen-bond donors (Lipinski definition) is 2. The van der Waals surface area contributed by atoms with Gasteiger partial charge in [-0.15, -0.1) is 16.2 Å². The summed E-state index contributed by atoms with van der Waals surface area (Å²) in [6.45, 7) is 0. The highest BCUT2D eigenvalue weighted by Gasteiger charge is 2.73. The van der Waals surface area contributed by atoms with Crippen LogP contribution >= 0.6 is 34.5 Å². The Morgan fingerprint density at radius 1 is 1.09 bits per heavy atom. The molecule has 180 valence electrons. The van der Waals surface area contributed by atoms with Crippen LogP contribution in [-0.2, 0) is 5.67 Å². The Kier molecular flexibility index (Phi) is 7.76. The van der Waals surface area contributed by atoms with Crippen LogP contribution in [-0.4, -0.2) is 24.5 Å². The molecule has 0 aliphatic carbocycles. The lowest BCUT2D eigenvalue weighted by Crippen LogP contribution is -2.50. The summed E-state index contributed by atoms with van der Waals surface area (Å²) in [7, 11) is 0. The largest absolute Gasteiger partial charge is 0.435 e. The number of nitriles is 1. The van der Waals surface area contributed by atoms with Crippen LogP contribution in [0, 0.1) is 21.6 Å². The summed E-state index contributed by atoms with van der Waals surface area (Å²) in [5, 5.41) is 19.5. The molecule has 0 saturated heterocycles. The minimum absolute atomic E-state index is 0.0620. The molecule has 16 heteroatoms. The first-order valence-corrected chi connectivity index (χ1v) is 9.90. The number of halogens is 9. The molecule has 1 amide bonds. The quantitative estimate of drug-likeness (QED) is 0.226. The lowest BCUT2D eigenvalue weighted by Gasteiger charge is -2.30. The third kappa shape index (κ3) is 4.91. The molecule has 2 N–H and O–H groups in total. The first-order chi connectivity index (χ1) is 15.6. The maximum Gasteiger partial charge on any atom is 0.435 e. The SMILES string of the molecule is N#Cc1sc(/C(C=N)=C/Nc2c(Cl)cc(C(F)(C(F)(F)F)C(F)(F)F)cc2Cl)cc1C(=O)N=O. The molecule has 0 aliphatic rings. The minimum atomic E-state index is -6.37. The molecule has 0 spiro atoms. The van der Waals surface area contributed by atoms with Crippen LogP contribution in [0.3, 0.4) is 0 Å². The van der Waals surface area contributed by atoms with Crippen molar-refractivity contribution >= 4 is 57.9 Å². The molecule has 1 heterocycles. The van der Waals surface area contributed by atoms with Gasteiger partial charge in [-0.3, -0.25) is 4.79 Å². The molecule has 2 rings (SSSR count). The van der Waals surface area contributed by atoms with Crippen molar-refractivity contribution in [1.29, 1.82) is 10.7 Å². The number of benzene rings is 1. The van der Waals surface area contributed by atoms with Crippen molar-refractivity contribution in [3.8, 4) is 6.07 Å². The van der Waals surface area contributed by atoms with Gasteiger partial charge in [-0.2, -0.15) is 31.6 Å². The Morgan fingerprint density at radius 3 is 2.03 bits per heavy atom. The van der Waals surface area contributed by atoms with Gasteiger partial charge in [0.15, 0.2) is 0 Å². The van der Waals surface area contributed by atoms with Crippen molar-refractivity contribution in [1.82, 2.24) is 0 Å². The van der Waals surface area contributed by atoms with E-state index < -0.39 is 45.2 Å². The summed E-state index contributed by atoms with van der Waals surface area (Å²) in [5.74, 6) is -1.25. The number of nitrogens with one attached hydrogen (secondary N) is 2. The fourth-order valence-electron chi connectivity index (χ4n) is 2.56. The van der Waals surface area contributed by atoms with Crippen LogP contribution in [0.4, 0.5) is 36.4 Å². The molecule has 0 aliphatic heterocycles. The summed E-state index contributed by atoms with van der Waals surface area (Å²) in [5.41, 5.74) is -8.48. The van der Waals surface area contributed by atoms with Crippen LogP contribution in [0.1, 0.15) is 25.7 Å². The van der Waals surface area contributed by atoms with Crippen molar-refractivity contribution in [3.05, 3.63) is 60.2 Å². The summed E-state index contributed by atoms with van der Waals surface area (Å²) in [4.78, 5) is 21.8. The van der Waals surface area contributed by atoms with Gasteiger partial charge in [-0.05, 0) is 18.2 Å². The van der Waals surface area contributed by atoms with Crippen LogP contribution in [0.2, 0.25) is 10.0 Å². The van der Waals surface area contributed by atoms with Crippen molar-refractivity contribution in [2.24, 2.45) is 5.18 Å². The van der Waals surface area contributed by atoms with Gasteiger partial charge in [0.1, 0.15) is 10.9 Å². The summed E-state index contributed by atoms with van der Waals surface area (Å²) >= 11 is 12.2. The second-order valence-corrected chi connectivity index (χ2v) is 8.09. The van der Waals surface area contributed by atoms with Gasteiger partial charge in [0, 0.05) is 33.6 Å². The monoisotopic (exact) mass is 546 g/mol. The first-order valence-electron chi connectivity index (χ1n) is 8.33. The van der Waals surface area contributed by atoms with Gasteiger partial charge in [0.2, 0.25) is 0 Å². The molecule has 0 unspecified atom stereocenters. The molecule has 2 aromatic rings. The fourth-order valence-corrected chi connectivity index (χ4v) is 4.09. The number of nitroso groups, excluding NO2 is 1. The van der Waals surface area contributed by atoms with Gasteiger partial charge < -0.3 is 10.7 Å². The molecule has 0 saturated carbocycles. The summed E-state index contributed by atoms with van der Waals surface area (Å²) in [6.07, 6.45) is -11.1. The van der Waals surface area contributed by atoms with Crippen molar-refractivity contribution in [3.63, 3.8) is 0 Å². The molecule has 0 fully saturated rings. The number of thiophene rings is 1. The normalized spacial score (nSPS) is 12.8. The number of nitrogens with zero attached hydrogens (tertiary/aromatic N) is 2. The lowest BCUT2D eigenvalue weighted by molar-refractivity contribution is -0.348. The highest BCUT2D eigenvalue weighted by Crippen LogP contribution is 2.54. The van der Waals surface area contributed by atoms with E-state index in [2.05, 4.69) is 10.5 Å². The van der Waals surface area contributed by atoms with E-state index in [-0.39, 0.29) is 33.0 Å². The number of alkyl halides is 7. The second-order valence-electron chi connectivity index (χ2n) is 6.22. The Morgan fingerprint density at radius 2 is 1.62 bits per heavy atom. The fraction of sp³-hybridized carbons (Fsp3) is 0.167. The number of carbonyl (C=O) groups is 1. The average Bonchev–Trinajstić information content (AvgIpc) is 3.17. The van der Waals surface area contributed by atoms with Crippen molar-refractivity contribution in [2.45, 2.75) is 18.0 Å². The lowest BCUT2D eigenvalue weighted by atomic mass is 9.94. The first kappa shape index (κ1) is 27.2. The third-order valence-electron chi connectivity index (χ3n) is 4.18. The molecule has 1 aromatic carbocycles. The zero-order chi connectivity index (χ0) is 26.1. The van der Waals surface area contributed by atoms with E-state index in [1.165, 1.54) is 0 Å². The maximum absolute atomic E-state index is 14.3. The van der Waals surface area contributed by atoms with Gasteiger partial charge in [0.05, 0.1) is 21.3 Å². The number of hydrogen-bond acceptors (Lipinski definition) is 6. The van der Waals surface area contributed by atoms with E-state index in [0.717, 1.165) is 12.3 Å². The van der Waals surface area contributed by atoms with Crippen molar-refractivity contribution < 1.29 is 35.5 Å². The van der Waals surface area contributed by atoms with Crippen LogP contribution in [0.25, 0.3) is 5.57 Å². The van der Waals surface area contributed by atoms with E-state index >= 15 is 0 Å². The zero-order valence-corrected chi connectivity index (χ0v) is 18.2. The number of allylic oxidation sites excluding steroid dienone is 1. The summed E-state index contributed by atoms with van der Waals surface area (Å²) in [6, 6.07) is 2.93. The van der Waals surface area contributed by atoms with E-state index in [1.807, 2.05) is 0 Å². The van der Waals surface area contributed by atoms with E-state index in [4.69, 9.17) is 33.9 Å². The molecule has 0 radical (unpaired) electrons. The van der Waals surface area contributed by atoms with Crippen molar-refractivity contribution in [2.75, 3.05) is 5.32 Å². The predicted molar refractivity (Wildman–Crippen MR) is 111 cm³/mol. The molecule has 6 nitrogen and oxygen atoms in total. The van der Waals surface area contributed by atoms with E-state index in [9.17, 15) is 40.4 Å². The standard InChI is InChI=1S/C18H7Cl2F7N4O2S/c19-10-1-8(16(21,17(22,23)24)18(25,26)27)2-11(20)14(10)30-6-7(4-28)12-3-9(15(32)31-33)13(5-29)34-12/h1-4,6,28,30H/b7-6+,28-4?. The third-order valence-corrected chi connectivity index (χ3v) is 5.87.